The highest BCUT2D eigenvalue weighted by Gasteiger charge is 2.20. The van der Waals surface area contributed by atoms with E-state index >= 15 is 0 Å². The third kappa shape index (κ3) is 3.24. The molecule has 2 rings (SSSR count). The molecule has 0 bridgehead atoms. The molecule has 1 N–H and O–H groups in total. The summed E-state index contributed by atoms with van der Waals surface area (Å²) in [5.41, 5.74) is 1.89. The number of hydrogen-bond donors (Lipinski definition) is 1. The van der Waals surface area contributed by atoms with Gasteiger partial charge in [0.05, 0.1) is 11.3 Å². The van der Waals surface area contributed by atoms with Gasteiger partial charge in [-0.3, -0.25) is 4.79 Å². The molecular formula is C16H15BrFNO2. The molecule has 0 saturated carbocycles. The second-order valence-corrected chi connectivity index (χ2v) is 5.50. The van der Waals surface area contributed by atoms with Crippen molar-refractivity contribution in [2.24, 2.45) is 0 Å². The Kier molecular flexibility index (Phi) is 4.63. The molecule has 0 aliphatic carbocycles. The van der Waals surface area contributed by atoms with Crippen molar-refractivity contribution in [3.8, 4) is 5.75 Å². The zero-order chi connectivity index (χ0) is 15.6. The van der Waals surface area contributed by atoms with Crippen LogP contribution in [0.2, 0.25) is 0 Å². The standard InChI is InChI=1S/C16H15BrFNO2/c1-3-19(15-9-12(20)6-4-10(15)2)16(21)13-7-5-11(18)8-14(13)17/h4-9,20H,3H2,1-2H3. The first-order valence-corrected chi connectivity index (χ1v) is 7.30. The van der Waals surface area contributed by atoms with Crippen LogP contribution in [-0.2, 0) is 0 Å². The molecule has 0 heterocycles. The van der Waals surface area contributed by atoms with Gasteiger partial charge < -0.3 is 10.0 Å². The Labute approximate surface area is 131 Å². The minimum absolute atomic E-state index is 0.0972. The summed E-state index contributed by atoms with van der Waals surface area (Å²) in [5, 5.41) is 9.63. The van der Waals surface area contributed by atoms with Gasteiger partial charge in [-0.25, -0.2) is 4.39 Å². The number of carbonyl (C=O) groups excluding carboxylic acids is 1. The van der Waals surface area contributed by atoms with Crippen LogP contribution in [0, 0.1) is 12.7 Å². The van der Waals surface area contributed by atoms with Crippen LogP contribution in [-0.4, -0.2) is 17.6 Å². The maximum Gasteiger partial charge on any atom is 0.259 e. The van der Waals surface area contributed by atoms with E-state index in [2.05, 4.69) is 15.9 Å². The van der Waals surface area contributed by atoms with Gasteiger partial charge in [0.25, 0.3) is 5.91 Å². The summed E-state index contributed by atoms with van der Waals surface area (Å²) in [4.78, 5) is 14.2. The van der Waals surface area contributed by atoms with Crippen molar-refractivity contribution in [3.05, 3.63) is 57.8 Å². The van der Waals surface area contributed by atoms with Crippen molar-refractivity contribution in [2.45, 2.75) is 13.8 Å². The lowest BCUT2D eigenvalue weighted by Crippen LogP contribution is -2.31. The smallest absolute Gasteiger partial charge is 0.259 e. The molecule has 3 nitrogen and oxygen atoms in total. The molecule has 2 aromatic rings. The number of carbonyl (C=O) groups is 1. The SMILES string of the molecule is CCN(C(=O)c1ccc(F)cc1Br)c1cc(O)ccc1C. The fourth-order valence-electron chi connectivity index (χ4n) is 2.12. The molecule has 110 valence electrons. The molecular weight excluding hydrogens is 337 g/mol. The van der Waals surface area contributed by atoms with Gasteiger partial charge >= 0.3 is 0 Å². The van der Waals surface area contributed by atoms with Crippen molar-refractivity contribution >= 4 is 27.5 Å². The van der Waals surface area contributed by atoms with Gasteiger partial charge in [0, 0.05) is 17.1 Å². The molecule has 0 aliphatic rings. The molecule has 0 spiro atoms. The zero-order valence-electron chi connectivity index (χ0n) is 11.7. The minimum atomic E-state index is -0.407. The Bertz CT molecular complexity index is 688. The second-order valence-electron chi connectivity index (χ2n) is 4.64. The third-order valence-corrected chi connectivity index (χ3v) is 3.86. The van der Waals surface area contributed by atoms with E-state index in [-0.39, 0.29) is 11.7 Å². The number of rotatable bonds is 3. The summed E-state index contributed by atoms with van der Waals surface area (Å²) in [6.45, 7) is 4.15. The van der Waals surface area contributed by atoms with Crippen LogP contribution in [0.4, 0.5) is 10.1 Å². The Morgan fingerprint density at radius 2 is 2.00 bits per heavy atom. The first-order valence-electron chi connectivity index (χ1n) is 6.50. The van der Waals surface area contributed by atoms with Crippen LogP contribution < -0.4 is 4.90 Å². The number of amides is 1. The molecule has 0 atom stereocenters. The Balaban J connectivity index is 2.45. The molecule has 21 heavy (non-hydrogen) atoms. The largest absolute Gasteiger partial charge is 0.508 e. The Morgan fingerprint density at radius 3 is 2.62 bits per heavy atom. The summed E-state index contributed by atoms with van der Waals surface area (Å²) in [5.74, 6) is -0.562. The zero-order valence-corrected chi connectivity index (χ0v) is 13.3. The maximum absolute atomic E-state index is 13.1. The van der Waals surface area contributed by atoms with E-state index in [0.717, 1.165) is 5.56 Å². The number of phenols is 1. The molecule has 0 aliphatic heterocycles. The highest BCUT2D eigenvalue weighted by molar-refractivity contribution is 9.10. The number of phenolic OH excluding ortho intramolecular Hbond substituents is 1. The average Bonchev–Trinajstić information content (AvgIpc) is 2.43. The second kappa shape index (κ2) is 6.26. The van der Waals surface area contributed by atoms with Gasteiger partial charge in [-0.1, -0.05) is 6.07 Å². The number of aromatic hydroxyl groups is 1. The van der Waals surface area contributed by atoms with E-state index in [1.807, 2.05) is 13.8 Å². The van der Waals surface area contributed by atoms with Crippen molar-refractivity contribution in [1.29, 1.82) is 0 Å². The quantitative estimate of drug-likeness (QED) is 0.896. The van der Waals surface area contributed by atoms with E-state index in [1.165, 1.54) is 18.2 Å². The first-order chi connectivity index (χ1) is 9.93. The minimum Gasteiger partial charge on any atom is -0.508 e. The van der Waals surface area contributed by atoms with Gasteiger partial charge in [0.15, 0.2) is 0 Å². The first kappa shape index (κ1) is 15.5. The fourth-order valence-corrected chi connectivity index (χ4v) is 2.64. The van der Waals surface area contributed by atoms with Crippen LogP contribution in [0.3, 0.4) is 0 Å². The lowest BCUT2D eigenvalue weighted by Gasteiger charge is -2.23. The highest BCUT2D eigenvalue weighted by atomic mass is 79.9. The van der Waals surface area contributed by atoms with Gasteiger partial charge in [-0.15, -0.1) is 0 Å². The maximum atomic E-state index is 13.1. The van der Waals surface area contributed by atoms with Crippen molar-refractivity contribution < 1.29 is 14.3 Å². The van der Waals surface area contributed by atoms with Crippen molar-refractivity contribution in [1.82, 2.24) is 0 Å². The molecule has 0 saturated heterocycles. The predicted molar refractivity (Wildman–Crippen MR) is 84.3 cm³/mol. The predicted octanol–water partition coefficient (Wildman–Crippen LogP) is 4.27. The number of hydrogen-bond acceptors (Lipinski definition) is 2. The Morgan fingerprint density at radius 1 is 1.29 bits per heavy atom. The molecule has 0 aromatic heterocycles. The van der Waals surface area contributed by atoms with Crippen LogP contribution in [0.5, 0.6) is 5.75 Å². The molecule has 0 unspecified atom stereocenters. The third-order valence-electron chi connectivity index (χ3n) is 3.21. The molecule has 0 radical (unpaired) electrons. The number of anilines is 1. The van der Waals surface area contributed by atoms with Crippen molar-refractivity contribution in [3.63, 3.8) is 0 Å². The summed E-state index contributed by atoms with van der Waals surface area (Å²) in [7, 11) is 0. The summed E-state index contributed by atoms with van der Waals surface area (Å²) >= 11 is 3.21. The number of benzene rings is 2. The molecule has 2 aromatic carbocycles. The summed E-state index contributed by atoms with van der Waals surface area (Å²) in [6, 6.07) is 8.83. The van der Waals surface area contributed by atoms with Gasteiger partial charge in [0.1, 0.15) is 11.6 Å². The number of aryl methyl sites for hydroxylation is 1. The van der Waals surface area contributed by atoms with E-state index < -0.39 is 5.82 Å². The fraction of sp³-hybridized carbons (Fsp3) is 0.188. The van der Waals surface area contributed by atoms with Gasteiger partial charge in [-0.2, -0.15) is 0 Å². The summed E-state index contributed by atoms with van der Waals surface area (Å²) < 4.78 is 13.6. The lowest BCUT2D eigenvalue weighted by atomic mass is 10.1. The molecule has 0 fully saturated rings. The van der Waals surface area contributed by atoms with Crippen LogP contribution >= 0.6 is 15.9 Å². The van der Waals surface area contributed by atoms with Gasteiger partial charge in [0.2, 0.25) is 0 Å². The van der Waals surface area contributed by atoms with E-state index in [0.29, 0.717) is 22.3 Å². The molecule has 5 heteroatoms. The normalized spacial score (nSPS) is 10.5. The van der Waals surface area contributed by atoms with E-state index in [4.69, 9.17) is 0 Å². The average molecular weight is 352 g/mol. The number of nitrogens with zero attached hydrogens (tertiary/aromatic N) is 1. The van der Waals surface area contributed by atoms with E-state index in [9.17, 15) is 14.3 Å². The lowest BCUT2D eigenvalue weighted by molar-refractivity contribution is 0.0987. The summed E-state index contributed by atoms with van der Waals surface area (Å²) in [6.07, 6.45) is 0. The molecule has 1 amide bonds. The topological polar surface area (TPSA) is 40.5 Å². The van der Waals surface area contributed by atoms with Gasteiger partial charge in [-0.05, 0) is 59.6 Å². The number of halogens is 2. The highest BCUT2D eigenvalue weighted by Crippen LogP contribution is 2.28. The van der Waals surface area contributed by atoms with Crippen LogP contribution in [0.1, 0.15) is 22.8 Å². The monoisotopic (exact) mass is 351 g/mol. The van der Waals surface area contributed by atoms with E-state index in [1.54, 1.807) is 23.1 Å². The van der Waals surface area contributed by atoms with Crippen molar-refractivity contribution in [2.75, 3.05) is 11.4 Å². The Hall–Kier alpha value is -1.88. The van der Waals surface area contributed by atoms with Crippen LogP contribution in [0.15, 0.2) is 40.9 Å². The van der Waals surface area contributed by atoms with Crippen LogP contribution in [0.25, 0.3) is 0 Å².